The van der Waals surface area contributed by atoms with Gasteiger partial charge in [0.15, 0.2) is 0 Å². The van der Waals surface area contributed by atoms with Crippen LogP contribution in [0.25, 0.3) is 0 Å². The minimum absolute atomic E-state index is 0.0876. The molecule has 4 aliphatic carbocycles. The maximum atomic E-state index is 10.2. The van der Waals surface area contributed by atoms with Crippen molar-refractivity contribution in [1.82, 2.24) is 4.90 Å². The number of rotatable bonds is 4. The molecule has 0 saturated heterocycles. The van der Waals surface area contributed by atoms with Crippen molar-refractivity contribution in [3.8, 4) is 0 Å². The zero-order chi connectivity index (χ0) is 20.1. The summed E-state index contributed by atoms with van der Waals surface area (Å²) in [4.78, 5) is 2.25. The first-order chi connectivity index (χ1) is 13.3. The van der Waals surface area contributed by atoms with Crippen LogP contribution in [0.5, 0.6) is 0 Å². The third-order valence-electron chi connectivity index (χ3n) is 9.70. The number of nitrogens with zero attached hydrogens (tertiary/aromatic N) is 1. The fourth-order valence-corrected chi connectivity index (χ4v) is 8.17. The van der Waals surface area contributed by atoms with Gasteiger partial charge in [0.2, 0.25) is 0 Å². The molecule has 0 aromatic carbocycles. The number of aliphatic hydroxyl groups excluding tert-OH is 1. The van der Waals surface area contributed by atoms with Gasteiger partial charge >= 0.3 is 0 Å². The molecule has 0 heterocycles. The fraction of sp³-hybridized carbons (Fsp3) is 0.846. The fourth-order valence-electron chi connectivity index (χ4n) is 8.17. The zero-order valence-electron chi connectivity index (χ0n) is 19.0. The largest absolute Gasteiger partial charge is 0.393 e. The summed E-state index contributed by atoms with van der Waals surface area (Å²) in [6.45, 7) is 8.72. The van der Waals surface area contributed by atoms with E-state index in [1.54, 1.807) is 5.57 Å². The summed E-state index contributed by atoms with van der Waals surface area (Å²) in [6, 6.07) is 0. The summed E-state index contributed by atoms with van der Waals surface area (Å²) in [6.07, 6.45) is 17.5. The summed E-state index contributed by atoms with van der Waals surface area (Å²) < 4.78 is 0. The SMILES string of the molecule is C[C@H](C=CCN(C)C)[C@H]1CC[C@H]2[C@@H]3CC=C4CC(O)CC[C@]4(C)[C@H]3CC[C@]12C. The Morgan fingerprint density at radius 3 is 2.68 bits per heavy atom. The van der Waals surface area contributed by atoms with Crippen molar-refractivity contribution in [3.63, 3.8) is 0 Å². The first-order valence-corrected chi connectivity index (χ1v) is 11.9. The summed E-state index contributed by atoms with van der Waals surface area (Å²) in [5.74, 6) is 4.19. The number of likely N-dealkylation sites (N-methyl/N-ethyl adjacent to an activating group) is 1. The van der Waals surface area contributed by atoms with Gasteiger partial charge in [-0.05, 0) is 106 Å². The van der Waals surface area contributed by atoms with E-state index in [9.17, 15) is 5.11 Å². The van der Waals surface area contributed by atoms with Crippen LogP contribution in [0.4, 0.5) is 0 Å². The maximum Gasteiger partial charge on any atom is 0.0577 e. The minimum Gasteiger partial charge on any atom is -0.393 e. The second-order valence-corrected chi connectivity index (χ2v) is 11.4. The third-order valence-corrected chi connectivity index (χ3v) is 9.70. The first kappa shape index (κ1) is 20.7. The molecule has 3 saturated carbocycles. The van der Waals surface area contributed by atoms with Crippen LogP contribution in [-0.4, -0.2) is 36.8 Å². The third kappa shape index (κ3) is 3.33. The Morgan fingerprint density at radius 2 is 1.93 bits per heavy atom. The zero-order valence-corrected chi connectivity index (χ0v) is 19.0. The van der Waals surface area contributed by atoms with Gasteiger partial charge in [0.05, 0.1) is 6.10 Å². The molecule has 1 N–H and O–H groups in total. The lowest BCUT2D eigenvalue weighted by molar-refractivity contribution is -0.0540. The molecule has 0 bridgehead atoms. The molecule has 158 valence electrons. The van der Waals surface area contributed by atoms with Crippen molar-refractivity contribution >= 4 is 0 Å². The predicted octanol–water partition coefficient (Wildman–Crippen LogP) is 5.68. The molecule has 0 spiro atoms. The van der Waals surface area contributed by atoms with Gasteiger partial charge < -0.3 is 10.0 Å². The van der Waals surface area contributed by atoms with E-state index in [0.29, 0.717) is 16.7 Å². The van der Waals surface area contributed by atoms with Gasteiger partial charge in [-0.15, -0.1) is 0 Å². The Balaban J connectivity index is 1.53. The lowest BCUT2D eigenvalue weighted by Gasteiger charge is -2.58. The molecule has 2 heteroatoms. The highest BCUT2D eigenvalue weighted by Crippen LogP contribution is 2.67. The second-order valence-electron chi connectivity index (χ2n) is 11.4. The van der Waals surface area contributed by atoms with E-state index in [-0.39, 0.29) is 6.10 Å². The van der Waals surface area contributed by atoms with Crippen LogP contribution in [-0.2, 0) is 0 Å². The quantitative estimate of drug-likeness (QED) is 0.629. The second kappa shape index (κ2) is 7.58. The van der Waals surface area contributed by atoms with Gasteiger partial charge in [-0.2, -0.15) is 0 Å². The van der Waals surface area contributed by atoms with Crippen molar-refractivity contribution in [1.29, 1.82) is 0 Å². The first-order valence-electron chi connectivity index (χ1n) is 11.9. The van der Waals surface area contributed by atoms with Crippen LogP contribution in [0.3, 0.4) is 0 Å². The number of allylic oxidation sites excluding steroid dienone is 2. The predicted molar refractivity (Wildman–Crippen MR) is 118 cm³/mol. The summed E-state index contributed by atoms with van der Waals surface area (Å²) in [5, 5.41) is 10.2. The highest BCUT2D eigenvalue weighted by Gasteiger charge is 2.58. The van der Waals surface area contributed by atoms with E-state index in [4.69, 9.17) is 0 Å². The van der Waals surface area contributed by atoms with Crippen LogP contribution in [0.15, 0.2) is 23.8 Å². The molecule has 2 nitrogen and oxygen atoms in total. The topological polar surface area (TPSA) is 23.5 Å². The van der Waals surface area contributed by atoms with Crippen LogP contribution in [0, 0.1) is 40.4 Å². The van der Waals surface area contributed by atoms with Crippen molar-refractivity contribution < 1.29 is 5.11 Å². The molecule has 8 atom stereocenters. The number of aliphatic hydroxyl groups is 1. The molecular formula is C26H43NO. The molecule has 4 rings (SSSR count). The van der Waals surface area contributed by atoms with E-state index in [1.807, 2.05) is 0 Å². The van der Waals surface area contributed by atoms with E-state index in [2.05, 4.69) is 58.0 Å². The van der Waals surface area contributed by atoms with E-state index in [0.717, 1.165) is 43.1 Å². The lowest BCUT2D eigenvalue weighted by Crippen LogP contribution is -2.50. The van der Waals surface area contributed by atoms with E-state index < -0.39 is 0 Å². The Labute approximate surface area is 173 Å². The Morgan fingerprint density at radius 1 is 1.14 bits per heavy atom. The van der Waals surface area contributed by atoms with Crippen molar-refractivity contribution in [2.24, 2.45) is 40.4 Å². The van der Waals surface area contributed by atoms with E-state index >= 15 is 0 Å². The lowest BCUT2D eigenvalue weighted by atomic mass is 9.47. The molecule has 4 aliphatic rings. The molecular weight excluding hydrogens is 342 g/mol. The van der Waals surface area contributed by atoms with E-state index in [1.165, 1.54) is 38.5 Å². The Bertz CT molecular complexity index is 636. The van der Waals surface area contributed by atoms with Gasteiger partial charge in [0.25, 0.3) is 0 Å². The number of hydrogen-bond donors (Lipinski definition) is 1. The van der Waals surface area contributed by atoms with Crippen molar-refractivity contribution in [2.75, 3.05) is 20.6 Å². The summed E-state index contributed by atoms with van der Waals surface area (Å²) in [5.41, 5.74) is 2.50. The Hall–Kier alpha value is -0.600. The number of fused-ring (bicyclic) bond motifs is 5. The van der Waals surface area contributed by atoms with Crippen molar-refractivity contribution in [3.05, 3.63) is 23.8 Å². The molecule has 0 aromatic rings. The van der Waals surface area contributed by atoms with Crippen LogP contribution in [0.1, 0.15) is 72.1 Å². The highest BCUT2D eigenvalue weighted by molar-refractivity contribution is 5.25. The molecule has 3 fully saturated rings. The molecule has 0 aliphatic heterocycles. The molecule has 28 heavy (non-hydrogen) atoms. The summed E-state index contributed by atoms with van der Waals surface area (Å²) >= 11 is 0. The minimum atomic E-state index is -0.0876. The summed E-state index contributed by atoms with van der Waals surface area (Å²) in [7, 11) is 4.30. The Kier molecular flexibility index (Phi) is 5.59. The van der Waals surface area contributed by atoms with Crippen LogP contribution >= 0.6 is 0 Å². The molecule has 0 radical (unpaired) electrons. The van der Waals surface area contributed by atoms with Gasteiger partial charge in [-0.3, -0.25) is 0 Å². The average molecular weight is 386 g/mol. The molecule has 0 amide bonds. The highest BCUT2D eigenvalue weighted by atomic mass is 16.3. The maximum absolute atomic E-state index is 10.2. The van der Waals surface area contributed by atoms with Gasteiger partial charge in [-0.1, -0.05) is 44.6 Å². The average Bonchev–Trinajstić information content (AvgIpc) is 2.99. The molecule has 0 aromatic heterocycles. The van der Waals surface area contributed by atoms with Gasteiger partial charge in [-0.25, -0.2) is 0 Å². The van der Waals surface area contributed by atoms with Gasteiger partial charge in [0.1, 0.15) is 0 Å². The van der Waals surface area contributed by atoms with Gasteiger partial charge in [0, 0.05) is 6.54 Å². The molecule has 1 unspecified atom stereocenters. The number of hydrogen-bond acceptors (Lipinski definition) is 2. The van der Waals surface area contributed by atoms with Crippen LogP contribution < -0.4 is 0 Å². The normalized spacial score (nSPS) is 46.8. The van der Waals surface area contributed by atoms with Crippen LogP contribution in [0.2, 0.25) is 0 Å². The smallest absolute Gasteiger partial charge is 0.0577 e. The monoisotopic (exact) mass is 385 g/mol. The standard InChI is InChI=1S/C26H43NO/c1-18(7-6-16-27(4)5)22-10-11-23-21-9-8-19-17-20(28)12-14-25(19,2)24(21)13-15-26(22,23)3/h6-8,18,20-24,28H,9-17H2,1-5H3/t18-,20?,21+,22-,23+,24+,25+,26-/m1/s1. The van der Waals surface area contributed by atoms with Crippen molar-refractivity contribution in [2.45, 2.75) is 78.2 Å².